The lowest BCUT2D eigenvalue weighted by Crippen LogP contribution is -2.49. The van der Waals surface area contributed by atoms with Crippen molar-refractivity contribution < 1.29 is 23.9 Å². The van der Waals surface area contributed by atoms with E-state index < -0.39 is 36.0 Å². The van der Waals surface area contributed by atoms with Crippen molar-refractivity contribution in [3.8, 4) is 0 Å². The molecule has 140 valence electrons. The quantitative estimate of drug-likeness (QED) is 0.519. The minimum absolute atomic E-state index is 0.187. The molecular formula is C18H18N4O5. The molecule has 0 unspecified atom stereocenters. The number of esters is 1. The first-order chi connectivity index (χ1) is 13.0. The predicted molar refractivity (Wildman–Crippen MR) is 93.0 cm³/mol. The van der Waals surface area contributed by atoms with Crippen molar-refractivity contribution in [1.29, 1.82) is 0 Å². The highest BCUT2D eigenvalue weighted by molar-refractivity contribution is 6.08. The lowest BCUT2D eigenvalue weighted by molar-refractivity contribution is -0.140. The zero-order valence-electron chi connectivity index (χ0n) is 14.5. The third kappa shape index (κ3) is 3.39. The van der Waals surface area contributed by atoms with Gasteiger partial charge in [0.1, 0.15) is 11.2 Å². The molecule has 27 heavy (non-hydrogen) atoms. The standard InChI is InChI=1S/C18H18N4O5/c1-2-18(12-7-4-3-5-8-12)16(25)22(17(26)20-18)21-14(23)11-27-15(24)13-9-6-10-19-13/h3-10,19H,2,11H2,1H3,(H,20,26)(H,21,23)/t18-/m0/s1. The molecule has 0 aliphatic carbocycles. The summed E-state index contributed by atoms with van der Waals surface area (Å²) in [6.07, 6.45) is 1.84. The minimum atomic E-state index is -1.26. The maximum absolute atomic E-state index is 12.8. The molecule has 0 spiro atoms. The summed E-state index contributed by atoms with van der Waals surface area (Å²) in [7, 11) is 0. The Hall–Kier alpha value is -3.62. The van der Waals surface area contributed by atoms with Crippen LogP contribution >= 0.6 is 0 Å². The van der Waals surface area contributed by atoms with E-state index in [4.69, 9.17) is 4.74 Å². The number of aromatic amines is 1. The van der Waals surface area contributed by atoms with Gasteiger partial charge in [0.25, 0.3) is 11.8 Å². The summed E-state index contributed by atoms with van der Waals surface area (Å²) in [5.74, 6) is -2.14. The summed E-state index contributed by atoms with van der Waals surface area (Å²) in [6.45, 7) is 1.12. The van der Waals surface area contributed by atoms with Gasteiger partial charge in [0.05, 0.1) is 0 Å². The molecule has 0 saturated carbocycles. The largest absolute Gasteiger partial charge is 0.451 e. The summed E-state index contributed by atoms with van der Waals surface area (Å²) in [5, 5.41) is 3.25. The van der Waals surface area contributed by atoms with E-state index in [1.54, 1.807) is 43.3 Å². The van der Waals surface area contributed by atoms with E-state index in [0.29, 0.717) is 17.0 Å². The van der Waals surface area contributed by atoms with Gasteiger partial charge in [-0.15, -0.1) is 0 Å². The Kier molecular flexibility index (Phi) is 4.93. The van der Waals surface area contributed by atoms with Gasteiger partial charge in [0.2, 0.25) is 0 Å². The number of nitrogens with zero attached hydrogens (tertiary/aromatic N) is 1. The molecular weight excluding hydrogens is 352 g/mol. The number of H-pyrrole nitrogens is 1. The molecule has 9 heteroatoms. The number of nitrogens with one attached hydrogen (secondary N) is 3. The Bertz CT molecular complexity index is 865. The molecule has 0 radical (unpaired) electrons. The highest BCUT2D eigenvalue weighted by atomic mass is 16.5. The number of imide groups is 1. The van der Waals surface area contributed by atoms with Crippen molar-refractivity contribution in [3.05, 3.63) is 59.9 Å². The fourth-order valence-corrected chi connectivity index (χ4v) is 2.86. The number of rotatable bonds is 6. The van der Waals surface area contributed by atoms with Crippen molar-refractivity contribution in [2.45, 2.75) is 18.9 Å². The van der Waals surface area contributed by atoms with Crippen molar-refractivity contribution in [2.24, 2.45) is 0 Å². The first kappa shape index (κ1) is 18.2. The number of aromatic nitrogens is 1. The molecule has 1 fully saturated rings. The fourth-order valence-electron chi connectivity index (χ4n) is 2.86. The van der Waals surface area contributed by atoms with E-state index in [0.717, 1.165) is 0 Å². The summed E-state index contributed by atoms with van der Waals surface area (Å²) in [6, 6.07) is 11.1. The second kappa shape index (κ2) is 7.32. The Morgan fingerprint density at radius 2 is 1.89 bits per heavy atom. The molecule has 0 bridgehead atoms. The van der Waals surface area contributed by atoms with Crippen LogP contribution in [-0.2, 0) is 19.9 Å². The van der Waals surface area contributed by atoms with Gasteiger partial charge >= 0.3 is 12.0 Å². The van der Waals surface area contributed by atoms with Crippen LogP contribution in [0.1, 0.15) is 29.4 Å². The van der Waals surface area contributed by atoms with Crippen molar-refractivity contribution in [3.63, 3.8) is 0 Å². The average Bonchev–Trinajstić information content (AvgIpc) is 3.30. The zero-order chi connectivity index (χ0) is 19.4. The van der Waals surface area contributed by atoms with Crippen LogP contribution in [-0.4, -0.2) is 40.4 Å². The third-order valence-corrected chi connectivity index (χ3v) is 4.28. The molecule has 1 atom stereocenters. The Morgan fingerprint density at radius 1 is 1.15 bits per heavy atom. The molecule has 1 aliphatic heterocycles. The molecule has 1 aliphatic rings. The number of hydrogen-bond acceptors (Lipinski definition) is 5. The molecule has 1 aromatic carbocycles. The van der Waals surface area contributed by atoms with Crippen LogP contribution in [0.15, 0.2) is 48.7 Å². The highest BCUT2D eigenvalue weighted by Crippen LogP contribution is 2.31. The molecule has 2 heterocycles. The molecule has 9 nitrogen and oxygen atoms in total. The molecule has 2 aromatic rings. The topological polar surface area (TPSA) is 121 Å². The number of hydrogen-bond donors (Lipinski definition) is 3. The van der Waals surface area contributed by atoms with Crippen molar-refractivity contribution >= 4 is 23.8 Å². The van der Waals surface area contributed by atoms with E-state index in [2.05, 4.69) is 15.7 Å². The lowest BCUT2D eigenvalue weighted by Gasteiger charge is -2.25. The SMILES string of the molecule is CC[C@@]1(c2ccccc2)NC(=O)N(NC(=O)COC(=O)c2ccc[nH]2)C1=O. The van der Waals surface area contributed by atoms with Gasteiger partial charge in [-0.25, -0.2) is 9.59 Å². The normalized spacial score (nSPS) is 18.9. The molecule has 3 N–H and O–H groups in total. The number of urea groups is 1. The predicted octanol–water partition coefficient (Wildman–Crippen LogP) is 1.06. The monoisotopic (exact) mass is 370 g/mol. The second-order valence-corrected chi connectivity index (χ2v) is 5.89. The van der Waals surface area contributed by atoms with Crippen LogP contribution in [0.2, 0.25) is 0 Å². The number of amides is 4. The number of carbonyl (C=O) groups excluding carboxylic acids is 4. The van der Waals surface area contributed by atoms with Crippen molar-refractivity contribution in [2.75, 3.05) is 6.61 Å². The molecule has 4 amide bonds. The summed E-state index contributed by atoms with van der Waals surface area (Å²) < 4.78 is 4.84. The van der Waals surface area contributed by atoms with Crippen LogP contribution < -0.4 is 10.7 Å². The van der Waals surface area contributed by atoms with E-state index in [-0.39, 0.29) is 5.69 Å². The number of benzene rings is 1. The summed E-state index contributed by atoms with van der Waals surface area (Å²) in [5.41, 5.74) is 1.72. The van der Waals surface area contributed by atoms with Gasteiger partial charge in [-0.1, -0.05) is 37.3 Å². The van der Waals surface area contributed by atoms with Gasteiger partial charge in [-0.3, -0.25) is 15.0 Å². The minimum Gasteiger partial charge on any atom is -0.451 e. The van der Waals surface area contributed by atoms with Crippen LogP contribution in [0.4, 0.5) is 4.79 Å². The first-order valence-corrected chi connectivity index (χ1v) is 8.30. The van der Waals surface area contributed by atoms with E-state index >= 15 is 0 Å². The maximum Gasteiger partial charge on any atom is 0.355 e. The third-order valence-electron chi connectivity index (χ3n) is 4.28. The van der Waals surface area contributed by atoms with Gasteiger partial charge in [0, 0.05) is 6.20 Å². The first-order valence-electron chi connectivity index (χ1n) is 8.30. The van der Waals surface area contributed by atoms with Gasteiger partial charge in [-0.2, -0.15) is 5.01 Å². The number of hydrazine groups is 1. The van der Waals surface area contributed by atoms with Gasteiger partial charge < -0.3 is 15.0 Å². The summed E-state index contributed by atoms with van der Waals surface area (Å²) in [4.78, 5) is 51.5. The summed E-state index contributed by atoms with van der Waals surface area (Å²) >= 11 is 0. The maximum atomic E-state index is 12.8. The van der Waals surface area contributed by atoms with Crippen LogP contribution in [0.3, 0.4) is 0 Å². The molecule has 3 rings (SSSR count). The Labute approximate surface area is 154 Å². The Balaban J connectivity index is 1.66. The van der Waals surface area contributed by atoms with Crippen LogP contribution in [0, 0.1) is 0 Å². The Morgan fingerprint density at radius 3 is 2.52 bits per heavy atom. The van der Waals surface area contributed by atoms with Crippen LogP contribution in [0.5, 0.6) is 0 Å². The second-order valence-electron chi connectivity index (χ2n) is 5.89. The smallest absolute Gasteiger partial charge is 0.355 e. The number of ether oxygens (including phenoxy) is 1. The van der Waals surface area contributed by atoms with Crippen LogP contribution in [0.25, 0.3) is 0 Å². The van der Waals surface area contributed by atoms with E-state index in [1.165, 1.54) is 12.3 Å². The van der Waals surface area contributed by atoms with Gasteiger partial charge in [0.15, 0.2) is 6.61 Å². The van der Waals surface area contributed by atoms with E-state index in [1.807, 2.05) is 0 Å². The number of carbonyl (C=O) groups is 4. The lowest BCUT2D eigenvalue weighted by atomic mass is 9.87. The van der Waals surface area contributed by atoms with E-state index in [9.17, 15) is 19.2 Å². The average molecular weight is 370 g/mol. The highest BCUT2D eigenvalue weighted by Gasteiger charge is 2.52. The fraction of sp³-hybridized carbons (Fsp3) is 0.222. The van der Waals surface area contributed by atoms with Gasteiger partial charge in [-0.05, 0) is 24.1 Å². The molecule has 1 aromatic heterocycles. The molecule has 1 saturated heterocycles. The van der Waals surface area contributed by atoms with Crippen molar-refractivity contribution in [1.82, 2.24) is 20.7 Å². The zero-order valence-corrected chi connectivity index (χ0v) is 14.5.